The molecule has 0 aliphatic rings. The second-order valence-electron chi connectivity index (χ2n) is 4.03. The van der Waals surface area contributed by atoms with Crippen molar-refractivity contribution in [2.75, 3.05) is 5.32 Å². The smallest absolute Gasteiger partial charge is 0.288 e. The van der Waals surface area contributed by atoms with E-state index in [2.05, 4.69) is 21.2 Å². The Morgan fingerprint density at radius 3 is 2.48 bits per heavy atom. The summed E-state index contributed by atoms with van der Waals surface area (Å²) in [4.78, 5) is 0.685. The molecule has 0 fully saturated rings. The average molecular weight is 389 g/mol. The summed E-state index contributed by atoms with van der Waals surface area (Å²) in [5, 5.41) is 3.12. The number of rotatable bonds is 5. The number of anilines is 2. The Labute approximate surface area is 139 Å². The van der Waals surface area contributed by atoms with Crippen molar-refractivity contribution in [2.24, 2.45) is 5.73 Å². The molecule has 0 amide bonds. The van der Waals surface area contributed by atoms with Gasteiger partial charge in [0.25, 0.3) is 5.76 Å². The Morgan fingerprint density at radius 2 is 1.81 bits per heavy atom. The maximum absolute atomic E-state index is 12.6. The minimum atomic E-state index is -2.48. The maximum atomic E-state index is 12.6. The van der Waals surface area contributed by atoms with E-state index in [0.29, 0.717) is 33.6 Å². The van der Waals surface area contributed by atoms with Crippen LogP contribution in [0.3, 0.4) is 0 Å². The lowest BCUT2D eigenvalue weighted by atomic mass is 10.1. The van der Waals surface area contributed by atoms with Crippen LogP contribution in [0.15, 0.2) is 51.8 Å². The minimum Gasteiger partial charge on any atom is -0.389 e. The van der Waals surface area contributed by atoms with Gasteiger partial charge in [-0.15, -0.1) is 0 Å². The summed E-state index contributed by atoms with van der Waals surface area (Å²) >= 11 is 8.92. The molecule has 0 unspecified atom stereocenters. The van der Waals surface area contributed by atoms with Crippen LogP contribution < -0.4 is 11.1 Å². The van der Waals surface area contributed by atoms with Crippen molar-refractivity contribution in [3.8, 4) is 0 Å². The van der Waals surface area contributed by atoms with Gasteiger partial charge < -0.3 is 11.1 Å². The van der Waals surface area contributed by atoms with Crippen molar-refractivity contribution in [3.63, 3.8) is 0 Å². The summed E-state index contributed by atoms with van der Waals surface area (Å²) in [5.41, 5.74) is 7.61. The zero-order valence-electron chi connectivity index (χ0n) is 10.6. The number of hydrogen-bond acceptors (Lipinski definition) is 3. The molecular weight excluding hydrogens is 378 g/mol. The van der Waals surface area contributed by atoms with Gasteiger partial charge in [-0.05, 0) is 40.2 Å². The third-order valence-corrected chi connectivity index (χ3v) is 4.29. The lowest BCUT2D eigenvalue weighted by molar-refractivity contribution is 0.252. The number of nitrogens with two attached hydrogens (primary N) is 1. The Balaban J connectivity index is 2.39. The first-order valence-corrected chi connectivity index (χ1v) is 7.96. The fourth-order valence-corrected chi connectivity index (χ4v) is 3.32. The van der Waals surface area contributed by atoms with Crippen molar-refractivity contribution < 1.29 is 8.78 Å². The second kappa shape index (κ2) is 7.20. The van der Waals surface area contributed by atoms with Crippen LogP contribution in [0.4, 0.5) is 20.2 Å². The molecule has 0 aliphatic heterocycles. The SMILES string of the molecule is NC(=S)c1c(Br)cccc1Nc1ccccc1SC(F)F. The zero-order valence-corrected chi connectivity index (χ0v) is 13.9. The highest BCUT2D eigenvalue weighted by atomic mass is 79.9. The first-order chi connectivity index (χ1) is 9.99. The maximum Gasteiger partial charge on any atom is 0.288 e. The fourth-order valence-electron chi connectivity index (χ4n) is 1.79. The number of benzene rings is 2. The highest BCUT2D eigenvalue weighted by Gasteiger charge is 2.13. The van der Waals surface area contributed by atoms with Gasteiger partial charge in [0.15, 0.2) is 0 Å². The van der Waals surface area contributed by atoms with Crippen LogP contribution in [-0.2, 0) is 0 Å². The van der Waals surface area contributed by atoms with Crippen molar-refractivity contribution in [1.82, 2.24) is 0 Å². The van der Waals surface area contributed by atoms with Crippen molar-refractivity contribution in [1.29, 1.82) is 0 Å². The first kappa shape index (κ1) is 16.2. The standard InChI is InChI=1S/C14H11BrF2N2S2/c15-8-4-3-6-10(12(8)13(18)20)19-9-5-1-2-7-11(9)21-14(16)17/h1-7,14,19H,(H2,18,20). The monoisotopic (exact) mass is 388 g/mol. The highest BCUT2D eigenvalue weighted by molar-refractivity contribution is 9.10. The molecule has 0 spiro atoms. The summed E-state index contributed by atoms with van der Waals surface area (Å²) < 4.78 is 25.9. The predicted octanol–water partition coefficient (Wildman–Crippen LogP) is 5.14. The molecule has 0 atom stereocenters. The number of para-hydroxylation sites is 1. The van der Waals surface area contributed by atoms with Gasteiger partial charge in [0.05, 0.1) is 5.69 Å². The Kier molecular flexibility index (Phi) is 5.55. The molecule has 0 heterocycles. The molecule has 3 N–H and O–H groups in total. The Bertz CT molecular complexity index is 665. The number of nitrogens with one attached hydrogen (secondary N) is 1. The summed E-state index contributed by atoms with van der Waals surface area (Å²) in [6, 6.07) is 12.3. The van der Waals surface area contributed by atoms with Gasteiger partial charge in [0, 0.05) is 20.6 Å². The third-order valence-electron chi connectivity index (χ3n) is 2.63. The molecule has 2 nitrogen and oxygen atoms in total. The molecule has 2 rings (SSSR count). The molecule has 0 saturated carbocycles. The van der Waals surface area contributed by atoms with E-state index in [0.717, 1.165) is 4.47 Å². The molecule has 0 bridgehead atoms. The number of halogens is 3. The van der Waals surface area contributed by atoms with Gasteiger partial charge in [-0.25, -0.2) is 0 Å². The lowest BCUT2D eigenvalue weighted by Gasteiger charge is -2.15. The lowest BCUT2D eigenvalue weighted by Crippen LogP contribution is -2.13. The second-order valence-corrected chi connectivity index (χ2v) is 6.35. The quantitative estimate of drug-likeness (QED) is 0.549. The molecule has 7 heteroatoms. The van der Waals surface area contributed by atoms with Gasteiger partial charge in [0.1, 0.15) is 4.99 Å². The van der Waals surface area contributed by atoms with Crippen LogP contribution in [-0.4, -0.2) is 10.7 Å². The van der Waals surface area contributed by atoms with Crippen LogP contribution in [0.2, 0.25) is 0 Å². The largest absolute Gasteiger partial charge is 0.389 e. The van der Waals surface area contributed by atoms with Crippen LogP contribution in [0.1, 0.15) is 5.56 Å². The van der Waals surface area contributed by atoms with E-state index >= 15 is 0 Å². The molecule has 0 aliphatic carbocycles. The summed E-state index contributed by atoms with van der Waals surface area (Å²) in [6.45, 7) is 0. The molecular formula is C14H11BrF2N2S2. The van der Waals surface area contributed by atoms with Gasteiger partial charge >= 0.3 is 0 Å². The van der Waals surface area contributed by atoms with E-state index in [1.165, 1.54) is 0 Å². The Hall–Kier alpha value is -1.18. The summed E-state index contributed by atoms with van der Waals surface area (Å²) in [5.74, 6) is -2.48. The minimum absolute atomic E-state index is 0.226. The molecule has 0 saturated heterocycles. The van der Waals surface area contributed by atoms with Gasteiger partial charge in [-0.1, -0.05) is 42.2 Å². The van der Waals surface area contributed by atoms with E-state index in [-0.39, 0.29) is 4.99 Å². The van der Waals surface area contributed by atoms with Crippen LogP contribution in [0.25, 0.3) is 0 Å². The third kappa shape index (κ3) is 4.15. The molecule has 21 heavy (non-hydrogen) atoms. The fraction of sp³-hybridized carbons (Fsp3) is 0.0714. The van der Waals surface area contributed by atoms with Gasteiger partial charge in [-0.3, -0.25) is 0 Å². The van der Waals surface area contributed by atoms with E-state index < -0.39 is 5.76 Å². The molecule has 110 valence electrons. The zero-order chi connectivity index (χ0) is 15.4. The van der Waals surface area contributed by atoms with Crippen LogP contribution in [0.5, 0.6) is 0 Å². The number of thioether (sulfide) groups is 1. The number of thiocarbonyl (C=S) groups is 1. The van der Waals surface area contributed by atoms with Gasteiger partial charge in [-0.2, -0.15) is 8.78 Å². The van der Waals surface area contributed by atoms with E-state index in [9.17, 15) is 8.78 Å². The van der Waals surface area contributed by atoms with Crippen molar-refractivity contribution in [2.45, 2.75) is 10.7 Å². The highest BCUT2D eigenvalue weighted by Crippen LogP contribution is 2.35. The predicted molar refractivity (Wildman–Crippen MR) is 91.6 cm³/mol. The van der Waals surface area contributed by atoms with E-state index in [1.54, 1.807) is 30.3 Å². The summed E-state index contributed by atoms with van der Waals surface area (Å²) in [7, 11) is 0. The van der Waals surface area contributed by atoms with Gasteiger partial charge in [0.2, 0.25) is 0 Å². The van der Waals surface area contributed by atoms with Crippen LogP contribution >= 0.6 is 39.9 Å². The molecule has 0 aromatic heterocycles. The van der Waals surface area contributed by atoms with Crippen LogP contribution in [0, 0.1) is 0 Å². The number of alkyl halides is 2. The van der Waals surface area contributed by atoms with E-state index in [4.69, 9.17) is 18.0 Å². The average Bonchev–Trinajstić information content (AvgIpc) is 2.40. The summed E-state index contributed by atoms with van der Waals surface area (Å²) in [6.07, 6.45) is 0. The Morgan fingerprint density at radius 1 is 1.14 bits per heavy atom. The normalized spacial score (nSPS) is 10.7. The van der Waals surface area contributed by atoms with Crippen molar-refractivity contribution >= 4 is 56.3 Å². The van der Waals surface area contributed by atoms with Crippen molar-refractivity contribution in [3.05, 3.63) is 52.5 Å². The topological polar surface area (TPSA) is 38.0 Å². The van der Waals surface area contributed by atoms with E-state index in [1.807, 2.05) is 12.1 Å². The first-order valence-electron chi connectivity index (χ1n) is 5.88. The molecule has 0 radical (unpaired) electrons. The molecule has 2 aromatic carbocycles. The number of hydrogen-bond donors (Lipinski definition) is 2. The molecule has 2 aromatic rings.